The highest BCUT2D eigenvalue weighted by Crippen LogP contribution is 2.38. The van der Waals surface area contributed by atoms with Gasteiger partial charge in [0.2, 0.25) is 5.91 Å². The third-order valence-electron chi connectivity index (χ3n) is 18.7. The normalized spacial score (nSPS) is 13.5. The summed E-state index contributed by atoms with van der Waals surface area (Å²) in [5.74, 6) is -0.186. The molecular formula is C78H157N2O6P. The van der Waals surface area contributed by atoms with Gasteiger partial charge in [0, 0.05) is 6.42 Å². The monoisotopic (exact) mass is 1250 g/mol. The van der Waals surface area contributed by atoms with Gasteiger partial charge in [-0.2, -0.15) is 0 Å². The van der Waals surface area contributed by atoms with Gasteiger partial charge < -0.3 is 28.8 Å². The van der Waals surface area contributed by atoms with Gasteiger partial charge in [0.15, 0.2) is 0 Å². The molecule has 0 fully saturated rings. The highest BCUT2D eigenvalue weighted by Gasteiger charge is 2.23. The summed E-state index contributed by atoms with van der Waals surface area (Å²) >= 11 is 0. The summed E-state index contributed by atoms with van der Waals surface area (Å²) in [6.45, 7) is 4.73. The van der Waals surface area contributed by atoms with Crippen LogP contribution in [0.3, 0.4) is 0 Å². The summed E-state index contributed by atoms with van der Waals surface area (Å²) in [6, 6.07) is -0.885. The lowest BCUT2D eigenvalue weighted by molar-refractivity contribution is -0.870. The van der Waals surface area contributed by atoms with Crippen LogP contribution < -0.4 is 10.2 Å². The van der Waals surface area contributed by atoms with Crippen LogP contribution in [-0.4, -0.2) is 68.5 Å². The van der Waals surface area contributed by atoms with Gasteiger partial charge in [-0.05, 0) is 19.3 Å². The van der Waals surface area contributed by atoms with E-state index >= 15 is 0 Å². The van der Waals surface area contributed by atoms with Crippen LogP contribution in [0, 0.1) is 0 Å². The van der Waals surface area contributed by atoms with Crippen LogP contribution >= 0.6 is 7.82 Å². The molecule has 1 amide bonds. The molecule has 520 valence electrons. The van der Waals surface area contributed by atoms with Crippen LogP contribution in [0.15, 0.2) is 12.2 Å². The molecule has 0 spiro atoms. The van der Waals surface area contributed by atoms with E-state index in [0.29, 0.717) is 17.4 Å². The fourth-order valence-electron chi connectivity index (χ4n) is 12.6. The van der Waals surface area contributed by atoms with Crippen molar-refractivity contribution in [2.75, 3.05) is 40.9 Å². The fourth-order valence-corrected chi connectivity index (χ4v) is 13.4. The first kappa shape index (κ1) is 86.2. The number of phosphoric acid groups is 1. The van der Waals surface area contributed by atoms with Crippen molar-refractivity contribution < 1.29 is 32.9 Å². The number of unbranched alkanes of at least 4 members (excludes halogenated alkanes) is 62. The molecule has 87 heavy (non-hydrogen) atoms. The Bertz CT molecular complexity index is 1420. The lowest BCUT2D eigenvalue weighted by atomic mass is 10.0. The number of amides is 1. The summed E-state index contributed by atoms with van der Waals surface area (Å²) in [4.78, 5) is 25.7. The zero-order valence-electron chi connectivity index (χ0n) is 59.8. The molecule has 0 aliphatic carbocycles. The molecule has 0 aliphatic rings. The number of nitrogens with zero attached hydrogens (tertiary/aromatic N) is 1. The number of quaternary nitrogens is 1. The maximum atomic E-state index is 13.1. The van der Waals surface area contributed by atoms with Gasteiger partial charge in [-0.25, -0.2) is 0 Å². The Hall–Kier alpha value is -0.760. The van der Waals surface area contributed by atoms with Gasteiger partial charge >= 0.3 is 0 Å². The number of phosphoric ester groups is 1. The SMILES string of the molecule is CCCCCCCCCCCCCCCCCCCCCCCCCCCCCC/C=C/C(O)C(COP(=O)([O-])OCC[N+](C)(C)C)NC(=O)CCCCCCCCCCCCCCCCCCCCCCCCCCCCCCCCCCCCC. The lowest BCUT2D eigenvalue weighted by Gasteiger charge is -2.29. The molecular weight excluding hydrogens is 1090 g/mol. The van der Waals surface area contributed by atoms with Crippen molar-refractivity contribution in [1.29, 1.82) is 0 Å². The summed E-state index contributed by atoms with van der Waals surface area (Å²) in [6.07, 6.45) is 91.0. The molecule has 2 N–H and O–H groups in total. The van der Waals surface area contributed by atoms with Gasteiger partial charge in [0.05, 0.1) is 39.9 Å². The van der Waals surface area contributed by atoms with Gasteiger partial charge in [-0.3, -0.25) is 9.36 Å². The molecule has 0 aliphatic heterocycles. The zero-order chi connectivity index (χ0) is 63.4. The first-order valence-corrected chi connectivity index (χ1v) is 41.0. The van der Waals surface area contributed by atoms with Gasteiger partial charge in [-0.15, -0.1) is 0 Å². The average molecular weight is 1250 g/mol. The molecule has 8 nitrogen and oxygen atoms in total. The minimum Gasteiger partial charge on any atom is -0.756 e. The highest BCUT2D eigenvalue weighted by atomic mass is 31.2. The topological polar surface area (TPSA) is 108 Å². The second-order valence-electron chi connectivity index (χ2n) is 28.8. The highest BCUT2D eigenvalue weighted by molar-refractivity contribution is 7.45. The number of aliphatic hydroxyl groups excluding tert-OH is 1. The molecule has 0 aromatic carbocycles. The lowest BCUT2D eigenvalue weighted by Crippen LogP contribution is -2.45. The Kier molecular flexibility index (Phi) is 69.0. The molecule has 0 rings (SSSR count). The van der Waals surface area contributed by atoms with Crippen LogP contribution in [0.5, 0.6) is 0 Å². The van der Waals surface area contributed by atoms with E-state index in [1.54, 1.807) is 6.08 Å². The van der Waals surface area contributed by atoms with Gasteiger partial charge in [0.1, 0.15) is 13.2 Å². The van der Waals surface area contributed by atoms with E-state index in [1.807, 2.05) is 27.2 Å². The number of hydrogen-bond acceptors (Lipinski definition) is 6. The Balaban J connectivity index is 3.94. The van der Waals surface area contributed by atoms with E-state index in [9.17, 15) is 19.4 Å². The summed E-state index contributed by atoms with van der Waals surface area (Å²) in [5, 5.41) is 14.0. The van der Waals surface area contributed by atoms with Crippen LogP contribution in [-0.2, 0) is 18.4 Å². The maximum absolute atomic E-state index is 13.1. The zero-order valence-corrected chi connectivity index (χ0v) is 60.7. The predicted octanol–water partition coefficient (Wildman–Crippen LogP) is 25.0. The van der Waals surface area contributed by atoms with E-state index in [-0.39, 0.29) is 19.1 Å². The second kappa shape index (κ2) is 69.6. The standard InChI is InChI=1S/C78H157N2O6P/c1-6-8-10-12-14-16-18-20-22-24-26-28-30-32-34-36-38-39-40-41-42-44-46-48-50-52-54-56-58-60-62-64-66-68-70-72-78(82)79-76(75-86-87(83,84)85-74-73-80(3,4)5)77(81)71-69-67-65-63-61-59-57-55-53-51-49-47-45-43-37-35-33-31-29-27-25-23-21-19-17-15-13-11-9-7-2/h69,71,76-77,81H,6-68,70,72-75H2,1-5H3,(H-,79,82,83,84)/b71-69+. The van der Waals surface area contributed by atoms with Crippen molar-refractivity contribution in [2.24, 2.45) is 0 Å². The van der Waals surface area contributed by atoms with Crippen molar-refractivity contribution in [2.45, 2.75) is 443 Å². The Morgan fingerprint density at radius 2 is 0.621 bits per heavy atom. The average Bonchev–Trinajstić information content (AvgIpc) is 3.70. The molecule has 0 saturated heterocycles. The molecule has 9 heteroatoms. The van der Waals surface area contributed by atoms with Crippen LogP contribution in [0.2, 0.25) is 0 Å². The third-order valence-corrected chi connectivity index (χ3v) is 19.7. The predicted molar refractivity (Wildman–Crippen MR) is 381 cm³/mol. The number of aliphatic hydroxyl groups is 1. The van der Waals surface area contributed by atoms with E-state index in [0.717, 1.165) is 38.5 Å². The molecule has 0 radical (unpaired) electrons. The number of nitrogens with one attached hydrogen (secondary N) is 1. The van der Waals surface area contributed by atoms with Gasteiger partial charge in [-0.1, -0.05) is 418 Å². The quantitative estimate of drug-likeness (QED) is 0.0272. The number of likely N-dealkylation sites (N-methyl/N-ethyl adjacent to an activating group) is 1. The van der Waals surface area contributed by atoms with Gasteiger partial charge in [0.25, 0.3) is 7.82 Å². The number of carbonyl (C=O) groups excluding carboxylic acids is 1. The Morgan fingerprint density at radius 3 is 0.862 bits per heavy atom. The van der Waals surface area contributed by atoms with Crippen LogP contribution in [0.1, 0.15) is 431 Å². The fraction of sp³-hybridized carbons (Fsp3) is 0.962. The molecule has 0 saturated carbocycles. The number of rotatable bonds is 75. The smallest absolute Gasteiger partial charge is 0.268 e. The first-order valence-electron chi connectivity index (χ1n) is 39.6. The second-order valence-corrected chi connectivity index (χ2v) is 30.2. The summed E-state index contributed by atoms with van der Waals surface area (Å²) in [7, 11) is 1.29. The van der Waals surface area contributed by atoms with Crippen molar-refractivity contribution in [3.8, 4) is 0 Å². The molecule has 3 atom stereocenters. The maximum Gasteiger partial charge on any atom is 0.268 e. The van der Waals surface area contributed by atoms with Crippen molar-refractivity contribution in [1.82, 2.24) is 5.32 Å². The number of allylic oxidation sites excluding steroid dienone is 1. The molecule has 0 heterocycles. The summed E-state index contributed by atoms with van der Waals surface area (Å²) in [5.41, 5.74) is 0. The molecule has 0 aromatic heterocycles. The van der Waals surface area contributed by atoms with Crippen molar-refractivity contribution in [3.63, 3.8) is 0 Å². The van der Waals surface area contributed by atoms with E-state index in [1.165, 1.54) is 372 Å². The third kappa shape index (κ3) is 72.5. The van der Waals surface area contributed by atoms with E-state index < -0.39 is 20.0 Å². The Labute approximate surface area is 545 Å². The number of hydrogen-bond donors (Lipinski definition) is 2. The van der Waals surface area contributed by atoms with Crippen LogP contribution in [0.25, 0.3) is 0 Å². The van der Waals surface area contributed by atoms with Crippen molar-refractivity contribution in [3.05, 3.63) is 12.2 Å². The van der Waals surface area contributed by atoms with Crippen LogP contribution in [0.4, 0.5) is 0 Å². The Morgan fingerprint density at radius 1 is 0.391 bits per heavy atom. The van der Waals surface area contributed by atoms with Crippen molar-refractivity contribution >= 4 is 13.7 Å². The van der Waals surface area contributed by atoms with E-state index in [4.69, 9.17) is 9.05 Å². The first-order chi connectivity index (χ1) is 42.5. The largest absolute Gasteiger partial charge is 0.756 e. The molecule has 0 bridgehead atoms. The molecule has 0 aromatic rings. The summed E-state index contributed by atoms with van der Waals surface area (Å²) < 4.78 is 23.5. The number of carbonyl (C=O) groups is 1. The minimum absolute atomic E-state index is 0.00315. The molecule has 3 unspecified atom stereocenters. The van der Waals surface area contributed by atoms with E-state index in [2.05, 4.69) is 19.2 Å². The minimum atomic E-state index is -4.60.